The Morgan fingerprint density at radius 1 is 0.812 bits per heavy atom. The van der Waals surface area contributed by atoms with Gasteiger partial charge in [0.05, 0.1) is 30.5 Å². The molecule has 0 bridgehead atoms. The third kappa shape index (κ3) is 3.42. The van der Waals surface area contributed by atoms with Crippen LogP contribution in [0.1, 0.15) is 0 Å². The van der Waals surface area contributed by atoms with Crippen molar-refractivity contribution in [3.05, 3.63) is 79.1 Å². The van der Waals surface area contributed by atoms with E-state index in [1.54, 1.807) is 12.4 Å². The van der Waals surface area contributed by atoms with Crippen LogP contribution in [0.2, 0.25) is 0 Å². The van der Waals surface area contributed by atoms with E-state index in [4.69, 9.17) is 9.72 Å². The van der Waals surface area contributed by atoms with Gasteiger partial charge in [-0.05, 0) is 35.7 Å². The van der Waals surface area contributed by atoms with E-state index in [9.17, 15) is 0 Å². The maximum Gasteiger partial charge on any atom is 0.229 e. The fourth-order valence-electron chi connectivity index (χ4n) is 4.15. The number of benzene rings is 3. The van der Waals surface area contributed by atoms with Crippen molar-refractivity contribution in [1.82, 2.24) is 19.7 Å². The molecule has 0 saturated carbocycles. The van der Waals surface area contributed by atoms with Gasteiger partial charge in [-0.3, -0.25) is 0 Å². The Bertz CT molecular complexity index is 1380. The Morgan fingerprint density at radius 2 is 1.62 bits per heavy atom. The van der Waals surface area contributed by atoms with Gasteiger partial charge in [-0.15, -0.1) is 0 Å². The van der Waals surface area contributed by atoms with Gasteiger partial charge in [0.1, 0.15) is 0 Å². The van der Waals surface area contributed by atoms with Crippen LogP contribution in [0.4, 0.5) is 17.3 Å². The molecule has 0 amide bonds. The van der Waals surface area contributed by atoms with E-state index in [1.165, 1.54) is 11.1 Å². The number of fused-ring (bicyclic) bond motifs is 2. The predicted molar refractivity (Wildman–Crippen MR) is 127 cm³/mol. The van der Waals surface area contributed by atoms with Crippen molar-refractivity contribution >= 4 is 39.1 Å². The summed E-state index contributed by atoms with van der Waals surface area (Å²) in [5, 5.41) is 11.1. The van der Waals surface area contributed by atoms with Crippen molar-refractivity contribution in [3.63, 3.8) is 0 Å². The van der Waals surface area contributed by atoms with Crippen LogP contribution in [0.15, 0.2) is 79.1 Å². The van der Waals surface area contributed by atoms with Gasteiger partial charge in [0.2, 0.25) is 5.95 Å². The largest absolute Gasteiger partial charge is 0.378 e. The number of anilines is 3. The molecule has 7 nitrogen and oxygen atoms in total. The smallest absolute Gasteiger partial charge is 0.229 e. The van der Waals surface area contributed by atoms with Gasteiger partial charge in [-0.1, -0.05) is 36.4 Å². The van der Waals surface area contributed by atoms with Crippen molar-refractivity contribution in [3.8, 4) is 5.69 Å². The summed E-state index contributed by atoms with van der Waals surface area (Å²) in [6, 6.07) is 22.9. The lowest BCUT2D eigenvalue weighted by atomic mass is 10.1. The van der Waals surface area contributed by atoms with Crippen LogP contribution in [-0.4, -0.2) is 46.1 Å². The maximum absolute atomic E-state index is 5.44. The minimum atomic E-state index is 0.540. The topological polar surface area (TPSA) is 68.1 Å². The lowest BCUT2D eigenvalue weighted by molar-refractivity contribution is 0.122. The zero-order chi connectivity index (χ0) is 21.3. The van der Waals surface area contributed by atoms with E-state index in [0.717, 1.165) is 54.1 Å². The van der Waals surface area contributed by atoms with Crippen LogP contribution >= 0.6 is 0 Å². The number of rotatable bonds is 4. The first kappa shape index (κ1) is 18.8. The van der Waals surface area contributed by atoms with Crippen LogP contribution in [0.3, 0.4) is 0 Å². The zero-order valence-electron chi connectivity index (χ0n) is 17.5. The molecule has 5 aromatic rings. The molecule has 7 heteroatoms. The van der Waals surface area contributed by atoms with E-state index in [1.807, 2.05) is 22.9 Å². The fourth-order valence-corrected chi connectivity index (χ4v) is 4.15. The molecule has 3 heterocycles. The molecular weight excluding hydrogens is 400 g/mol. The molecule has 1 fully saturated rings. The van der Waals surface area contributed by atoms with Crippen molar-refractivity contribution in [2.45, 2.75) is 0 Å². The van der Waals surface area contributed by atoms with Gasteiger partial charge in [0.15, 0.2) is 5.65 Å². The van der Waals surface area contributed by atoms with Crippen LogP contribution < -0.4 is 10.2 Å². The van der Waals surface area contributed by atoms with Crippen molar-refractivity contribution in [2.24, 2.45) is 0 Å². The van der Waals surface area contributed by atoms with E-state index in [0.29, 0.717) is 5.95 Å². The molecule has 6 rings (SSSR count). The molecule has 158 valence electrons. The standard InChI is InChI=1S/C25H22N6O/c1-2-6-22-18(4-1)5-3-7-23(22)31-24-19(17-27-31)16-26-25(29-24)28-20-8-10-21(11-9-20)30-12-14-32-15-13-30/h1-11,16-17H,12-15H2,(H,26,28,29). The van der Waals surface area contributed by atoms with Crippen LogP contribution in [0.5, 0.6) is 0 Å². The second kappa shape index (κ2) is 7.94. The summed E-state index contributed by atoms with van der Waals surface area (Å²) in [6.45, 7) is 3.39. The van der Waals surface area contributed by atoms with E-state index >= 15 is 0 Å². The molecule has 1 aliphatic heterocycles. The summed E-state index contributed by atoms with van der Waals surface area (Å²) < 4.78 is 7.32. The highest BCUT2D eigenvalue weighted by atomic mass is 16.5. The zero-order valence-corrected chi connectivity index (χ0v) is 17.5. The molecular formula is C25H22N6O. The summed E-state index contributed by atoms with van der Waals surface area (Å²) in [7, 11) is 0. The minimum Gasteiger partial charge on any atom is -0.378 e. The number of ether oxygens (including phenoxy) is 1. The number of hydrogen-bond donors (Lipinski definition) is 1. The molecule has 0 radical (unpaired) electrons. The van der Waals surface area contributed by atoms with Crippen LogP contribution in [-0.2, 0) is 4.74 Å². The van der Waals surface area contributed by atoms with E-state index in [2.05, 4.69) is 68.8 Å². The van der Waals surface area contributed by atoms with E-state index < -0.39 is 0 Å². The van der Waals surface area contributed by atoms with Gasteiger partial charge in [-0.2, -0.15) is 10.1 Å². The molecule has 0 spiro atoms. The van der Waals surface area contributed by atoms with Gasteiger partial charge >= 0.3 is 0 Å². The van der Waals surface area contributed by atoms with Crippen molar-refractivity contribution in [2.75, 3.05) is 36.5 Å². The molecule has 2 aromatic heterocycles. The summed E-state index contributed by atoms with van der Waals surface area (Å²) in [5.41, 5.74) is 3.91. The van der Waals surface area contributed by atoms with E-state index in [-0.39, 0.29) is 0 Å². The first-order chi connectivity index (χ1) is 15.8. The summed E-state index contributed by atoms with van der Waals surface area (Å²) in [6.07, 6.45) is 3.61. The average Bonchev–Trinajstić information content (AvgIpc) is 3.28. The van der Waals surface area contributed by atoms with Crippen molar-refractivity contribution in [1.29, 1.82) is 0 Å². The molecule has 1 aliphatic rings. The Kier molecular flexibility index (Phi) is 4.66. The quantitative estimate of drug-likeness (QED) is 0.458. The molecule has 0 aliphatic carbocycles. The third-order valence-corrected chi connectivity index (χ3v) is 5.80. The summed E-state index contributed by atoms with van der Waals surface area (Å²) >= 11 is 0. The van der Waals surface area contributed by atoms with Crippen LogP contribution in [0.25, 0.3) is 27.5 Å². The Hall–Kier alpha value is -3.97. The third-order valence-electron chi connectivity index (χ3n) is 5.80. The van der Waals surface area contributed by atoms with Crippen LogP contribution in [0, 0.1) is 0 Å². The van der Waals surface area contributed by atoms with Gasteiger partial charge in [0.25, 0.3) is 0 Å². The monoisotopic (exact) mass is 422 g/mol. The van der Waals surface area contributed by atoms with Crippen molar-refractivity contribution < 1.29 is 4.74 Å². The number of nitrogens with one attached hydrogen (secondary N) is 1. The number of hydrogen-bond acceptors (Lipinski definition) is 6. The lowest BCUT2D eigenvalue weighted by Gasteiger charge is -2.28. The Labute approximate surface area is 185 Å². The fraction of sp³-hybridized carbons (Fsp3) is 0.160. The molecule has 0 atom stereocenters. The van der Waals surface area contributed by atoms with Gasteiger partial charge < -0.3 is 15.0 Å². The molecule has 0 unspecified atom stereocenters. The summed E-state index contributed by atoms with van der Waals surface area (Å²) in [4.78, 5) is 11.6. The molecule has 1 N–H and O–H groups in total. The normalized spacial score (nSPS) is 14.2. The highest BCUT2D eigenvalue weighted by molar-refractivity contribution is 5.91. The first-order valence-corrected chi connectivity index (χ1v) is 10.7. The Balaban J connectivity index is 1.31. The van der Waals surface area contributed by atoms with Gasteiger partial charge in [-0.25, -0.2) is 9.67 Å². The lowest BCUT2D eigenvalue weighted by Crippen LogP contribution is -2.36. The number of nitrogens with zero attached hydrogens (tertiary/aromatic N) is 5. The predicted octanol–water partition coefficient (Wildman–Crippen LogP) is 4.55. The molecule has 1 saturated heterocycles. The second-order valence-electron chi connectivity index (χ2n) is 7.80. The van der Waals surface area contributed by atoms with Gasteiger partial charge in [0, 0.05) is 36.0 Å². The Morgan fingerprint density at radius 3 is 2.50 bits per heavy atom. The highest BCUT2D eigenvalue weighted by Crippen LogP contribution is 2.26. The highest BCUT2D eigenvalue weighted by Gasteiger charge is 2.13. The minimum absolute atomic E-state index is 0.540. The SMILES string of the molecule is c1ccc2c(-n3ncc4cnc(Nc5ccc(N6CCOCC6)cc5)nc43)cccc2c1. The first-order valence-electron chi connectivity index (χ1n) is 10.7. The number of morpholine rings is 1. The molecule has 3 aromatic carbocycles. The summed E-state index contributed by atoms with van der Waals surface area (Å²) in [5.74, 6) is 0.540. The second-order valence-corrected chi connectivity index (χ2v) is 7.80. The maximum atomic E-state index is 5.44. The molecule has 32 heavy (non-hydrogen) atoms. The number of aromatic nitrogens is 4. The average molecular weight is 422 g/mol.